The predicted octanol–water partition coefficient (Wildman–Crippen LogP) is 2.06. The van der Waals surface area contributed by atoms with Crippen LogP contribution in [0.25, 0.3) is 0 Å². The Hall–Kier alpha value is -0.420. The van der Waals surface area contributed by atoms with Gasteiger partial charge in [-0.05, 0) is 31.3 Å². The van der Waals surface area contributed by atoms with Gasteiger partial charge in [0.1, 0.15) is 11.6 Å². The molecule has 0 bridgehead atoms. The number of thioether (sulfide) groups is 1. The molecule has 0 radical (unpaired) electrons. The van der Waals surface area contributed by atoms with Gasteiger partial charge >= 0.3 is 0 Å². The van der Waals surface area contributed by atoms with Crippen LogP contribution in [0, 0.1) is 6.92 Å². The van der Waals surface area contributed by atoms with Crippen LogP contribution >= 0.6 is 23.3 Å². The standard InChI is InChI=1S/C8H10N2OS2/c1-5-9-8(13-10-5)12-7-4-2-3-6(7)11/h7H,2-4H2,1H3. The molecule has 0 amide bonds. The Morgan fingerprint density at radius 3 is 3.00 bits per heavy atom. The quantitative estimate of drug-likeness (QED) is 0.755. The summed E-state index contributed by atoms with van der Waals surface area (Å²) < 4.78 is 5.01. The van der Waals surface area contributed by atoms with Crippen LogP contribution in [-0.2, 0) is 4.79 Å². The first-order valence-electron chi connectivity index (χ1n) is 4.25. The Kier molecular flexibility index (Phi) is 2.64. The zero-order valence-electron chi connectivity index (χ0n) is 7.32. The van der Waals surface area contributed by atoms with Gasteiger partial charge in [-0.25, -0.2) is 4.98 Å². The molecule has 70 valence electrons. The average molecular weight is 214 g/mol. The minimum Gasteiger partial charge on any atom is -0.298 e. The zero-order chi connectivity index (χ0) is 9.26. The Balaban J connectivity index is 2.01. The molecule has 1 aliphatic rings. The molecule has 2 rings (SSSR count). The molecule has 0 N–H and O–H groups in total. The van der Waals surface area contributed by atoms with Crippen molar-refractivity contribution >= 4 is 29.1 Å². The summed E-state index contributed by atoms with van der Waals surface area (Å²) in [5.74, 6) is 1.18. The summed E-state index contributed by atoms with van der Waals surface area (Å²) in [7, 11) is 0. The summed E-state index contributed by atoms with van der Waals surface area (Å²) in [6.07, 6.45) is 2.78. The van der Waals surface area contributed by atoms with Crippen molar-refractivity contribution in [3.63, 3.8) is 0 Å². The molecule has 1 aromatic heterocycles. The molecule has 13 heavy (non-hydrogen) atoms. The van der Waals surface area contributed by atoms with Crippen molar-refractivity contribution in [1.82, 2.24) is 9.36 Å². The number of aromatic nitrogens is 2. The summed E-state index contributed by atoms with van der Waals surface area (Å²) >= 11 is 2.96. The first-order valence-corrected chi connectivity index (χ1v) is 5.90. The number of carbonyl (C=O) groups excluding carboxylic acids is 1. The number of hydrogen-bond acceptors (Lipinski definition) is 5. The summed E-state index contributed by atoms with van der Waals surface area (Å²) in [6.45, 7) is 1.87. The van der Waals surface area contributed by atoms with E-state index in [0.717, 1.165) is 29.4 Å². The van der Waals surface area contributed by atoms with Crippen molar-refractivity contribution in [3.8, 4) is 0 Å². The Bertz CT molecular complexity index is 324. The van der Waals surface area contributed by atoms with Gasteiger partial charge in [0, 0.05) is 6.42 Å². The maximum atomic E-state index is 11.3. The van der Waals surface area contributed by atoms with Gasteiger partial charge in [0.25, 0.3) is 0 Å². The lowest BCUT2D eigenvalue weighted by atomic mass is 10.3. The van der Waals surface area contributed by atoms with Gasteiger partial charge in [0.15, 0.2) is 4.34 Å². The highest BCUT2D eigenvalue weighted by atomic mass is 32.2. The van der Waals surface area contributed by atoms with Crippen LogP contribution in [0.5, 0.6) is 0 Å². The first-order chi connectivity index (χ1) is 6.25. The largest absolute Gasteiger partial charge is 0.298 e. The fourth-order valence-electron chi connectivity index (χ4n) is 1.36. The second kappa shape index (κ2) is 3.75. The summed E-state index contributed by atoms with van der Waals surface area (Å²) in [5.41, 5.74) is 0. The third kappa shape index (κ3) is 2.08. The number of carbonyl (C=O) groups is 1. The number of Topliss-reactive ketones (excluding diaryl/α,β-unsaturated/α-hetero) is 1. The van der Waals surface area contributed by atoms with E-state index in [-0.39, 0.29) is 5.25 Å². The fraction of sp³-hybridized carbons (Fsp3) is 0.625. The third-order valence-corrected chi connectivity index (χ3v) is 4.19. The van der Waals surface area contributed by atoms with E-state index < -0.39 is 0 Å². The van der Waals surface area contributed by atoms with E-state index >= 15 is 0 Å². The van der Waals surface area contributed by atoms with E-state index in [2.05, 4.69) is 9.36 Å². The van der Waals surface area contributed by atoms with E-state index in [1.807, 2.05) is 6.92 Å². The van der Waals surface area contributed by atoms with Gasteiger partial charge in [-0.15, -0.1) is 0 Å². The topological polar surface area (TPSA) is 42.9 Å². The van der Waals surface area contributed by atoms with Crippen molar-refractivity contribution in [3.05, 3.63) is 5.82 Å². The van der Waals surface area contributed by atoms with E-state index in [4.69, 9.17) is 0 Å². The molecule has 1 aliphatic carbocycles. The number of rotatable bonds is 2. The van der Waals surface area contributed by atoms with E-state index in [9.17, 15) is 4.79 Å². The molecule has 1 fully saturated rings. The molecule has 5 heteroatoms. The van der Waals surface area contributed by atoms with Crippen LogP contribution in [0.2, 0.25) is 0 Å². The van der Waals surface area contributed by atoms with Crippen LogP contribution in [-0.4, -0.2) is 20.4 Å². The fourth-order valence-corrected chi connectivity index (χ4v) is 3.37. The van der Waals surface area contributed by atoms with E-state index in [0.29, 0.717) is 5.78 Å². The molecule has 3 nitrogen and oxygen atoms in total. The lowest BCUT2D eigenvalue weighted by Gasteiger charge is -2.02. The molecule has 0 aromatic carbocycles. The second-order valence-electron chi connectivity index (χ2n) is 3.07. The first kappa shape index (κ1) is 9.15. The van der Waals surface area contributed by atoms with E-state index in [1.165, 1.54) is 11.5 Å². The molecule has 1 heterocycles. The zero-order valence-corrected chi connectivity index (χ0v) is 8.95. The smallest absolute Gasteiger partial charge is 0.170 e. The predicted molar refractivity (Wildman–Crippen MR) is 53.1 cm³/mol. The van der Waals surface area contributed by atoms with E-state index in [1.54, 1.807) is 11.8 Å². The van der Waals surface area contributed by atoms with Gasteiger partial charge < -0.3 is 0 Å². The summed E-state index contributed by atoms with van der Waals surface area (Å²) in [5, 5.41) is 0.146. The molecular weight excluding hydrogens is 204 g/mol. The SMILES string of the molecule is Cc1nsc(SC2CCCC2=O)n1. The lowest BCUT2D eigenvalue weighted by molar-refractivity contribution is -0.116. The lowest BCUT2D eigenvalue weighted by Crippen LogP contribution is -2.07. The molecule has 1 atom stereocenters. The van der Waals surface area contributed by atoms with Crippen molar-refractivity contribution in [2.24, 2.45) is 0 Å². The van der Waals surface area contributed by atoms with Crippen molar-refractivity contribution in [2.75, 3.05) is 0 Å². The number of hydrogen-bond donors (Lipinski definition) is 0. The Morgan fingerprint density at radius 1 is 1.62 bits per heavy atom. The average Bonchev–Trinajstić information content (AvgIpc) is 2.64. The maximum Gasteiger partial charge on any atom is 0.170 e. The molecule has 0 aliphatic heterocycles. The van der Waals surface area contributed by atoms with Gasteiger partial charge in [0.05, 0.1) is 5.25 Å². The minimum atomic E-state index is 0.146. The molecule has 0 spiro atoms. The van der Waals surface area contributed by atoms with Crippen LogP contribution in [0.3, 0.4) is 0 Å². The van der Waals surface area contributed by atoms with Gasteiger partial charge in [-0.2, -0.15) is 4.37 Å². The van der Waals surface area contributed by atoms with Gasteiger partial charge in [0.2, 0.25) is 0 Å². The second-order valence-corrected chi connectivity index (χ2v) is 5.27. The third-order valence-electron chi connectivity index (χ3n) is 2.00. The Labute approximate surface area is 85.1 Å². The van der Waals surface area contributed by atoms with Crippen molar-refractivity contribution in [1.29, 1.82) is 0 Å². The monoisotopic (exact) mass is 214 g/mol. The van der Waals surface area contributed by atoms with Crippen LogP contribution in [0.1, 0.15) is 25.1 Å². The molecular formula is C8H10N2OS2. The number of ketones is 1. The number of nitrogens with zero attached hydrogens (tertiary/aromatic N) is 2. The van der Waals surface area contributed by atoms with Crippen molar-refractivity contribution < 1.29 is 4.79 Å². The van der Waals surface area contributed by atoms with Crippen LogP contribution in [0.15, 0.2) is 4.34 Å². The van der Waals surface area contributed by atoms with Crippen LogP contribution < -0.4 is 0 Å². The minimum absolute atomic E-state index is 0.146. The summed E-state index contributed by atoms with van der Waals surface area (Å²) in [6, 6.07) is 0. The van der Waals surface area contributed by atoms with Crippen LogP contribution in [0.4, 0.5) is 0 Å². The normalized spacial score (nSPS) is 22.5. The highest BCUT2D eigenvalue weighted by Crippen LogP contribution is 2.33. The van der Waals surface area contributed by atoms with Crippen molar-refractivity contribution in [2.45, 2.75) is 35.8 Å². The highest BCUT2D eigenvalue weighted by molar-refractivity contribution is 8.02. The maximum absolute atomic E-state index is 11.3. The Morgan fingerprint density at radius 2 is 2.46 bits per heavy atom. The number of aryl methyl sites for hydroxylation is 1. The molecule has 1 aromatic rings. The highest BCUT2D eigenvalue weighted by Gasteiger charge is 2.26. The van der Waals surface area contributed by atoms with Gasteiger partial charge in [-0.1, -0.05) is 11.8 Å². The molecule has 0 saturated heterocycles. The molecule has 1 saturated carbocycles. The summed E-state index contributed by atoms with van der Waals surface area (Å²) in [4.78, 5) is 15.5. The molecule has 1 unspecified atom stereocenters. The van der Waals surface area contributed by atoms with Gasteiger partial charge in [-0.3, -0.25) is 4.79 Å².